The molecule has 0 amide bonds. The standard InChI is InChI=1S/C14H20N2O/c1-17-14-4-2-3-10-7-12(16-9-13(10)14)8-15-11-5-6-11/h2-4,11-12,15-16H,5-9H2,1H3. The highest BCUT2D eigenvalue weighted by atomic mass is 16.5. The third-order valence-electron chi connectivity index (χ3n) is 3.71. The van der Waals surface area contributed by atoms with Gasteiger partial charge in [0.2, 0.25) is 0 Å². The van der Waals surface area contributed by atoms with Gasteiger partial charge in [0.15, 0.2) is 0 Å². The van der Waals surface area contributed by atoms with Crippen LogP contribution in [0, 0.1) is 0 Å². The molecule has 1 heterocycles. The van der Waals surface area contributed by atoms with Crippen LogP contribution in [0.15, 0.2) is 18.2 Å². The molecule has 0 bridgehead atoms. The topological polar surface area (TPSA) is 33.3 Å². The molecular weight excluding hydrogens is 212 g/mol. The molecule has 3 heteroatoms. The molecule has 0 radical (unpaired) electrons. The Morgan fingerprint density at radius 1 is 1.41 bits per heavy atom. The first-order valence-corrected chi connectivity index (χ1v) is 6.48. The molecule has 2 aliphatic rings. The lowest BCUT2D eigenvalue weighted by molar-refractivity contribution is 0.392. The summed E-state index contributed by atoms with van der Waals surface area (Å²) in [5, 5.41) is 7.18. The molecule has 1 aromatic rings. The molecule has 3 rings (SSSR count). The molecule has 0 saturated heterocycles. The molecule has 17 heavy (non-hydrogen) atoms. The molecule has 1 saturated carbocycles. The summed E-state index contributed by atoms with van der Waals surface area (Å²) in [6.07, 6.45) is 3.82. The summed E-state index contributed by atoms with van der Waals surface area (Å²) >= 11 is 0. The van der Waals surface area contributed by atoms with E-state index in [1.165, 1.54) is 24.0 Å². The third kappa shape index (κ3) is 2.45. The highest BCUT2D eigenvalue weighted by molar-refractivity contribution is 5.42. The van der Waals surface area contributed by atoms with Crippen molar-refractivity contribution in [2.45, 2.75) is 37.9 Å². The summed E-state index contributed by atoms with van der Waals surface area (Å²) in [6.45, 7) is 2.01. The van der Waals surface area contributed by atoms with Crippen LogP contribution in [0.1, 0.15) is 24.0 Å². The van der Waals surface area contributed by atoms with Gasteiger partial charge in [-0.2, -0.15) is 0 Å². The van der Waals surface area contributed by atoms with Crippen molar-refractivity contribution >= 4 is 0 Å². The van der Waals surface area contributed by atoms with E-state index in [2.05, 4.69) is 22.8 Å². The van der Waals surface area contributed by atoms with E-state index in [4.69, 9.17) is 4.74 Å². The lowest BCUT2D eigenvalue weighted by atomic mass is 9.95. The Bertz CT molecular complexity index is 401. The van der Waals surface area contributed by atoms with Crippen LogP contribution in [0.25, 0.3) is 0 Å². The van der Waals surface area contributed by atoms with Gasteiger partial charge in [0, 0.05) is 30.7 Å². The van der Waals surface area contributed by atoms with E-state index in [-0.39, 0.29) is 0 Å². The molecule has 2 N–H and O–H groups in total. The Hall–Kier alpha value is -1.06. The minimum atomic E-state index is 0.565. The minimum absolute atomic E-state index is 0.565. The van der Waals surface area contributed by atoms with E-state index >= 15 is 0 Å². The van der Waals surface area contributed by atoms with Gasteiger partial charge in [-0.1, -0.05) is 12.1 Å². The maximum Gasteiger partial charge on any atom is 0.123 e. The molecule has 3 nitrogen and oxygen atoms in total. The van der Waals surface area contributed by atoms with Crippen LogP contribution in [-0.2, 0) is 13.0 Å². The molecule has 1 unspecified atom stereocenters. The second-order valence-corrected chi connectivity index (χ2v) is 5.06. The van der Waals surface area contributed by atoms with Crippen molar-refractivity contribution in [3.05, 3.63) is 29.3 Å². The molecule has 1 fully saturated rings. The fraction of sp³-hybridized carbons (Fsp3) is 0.571. The molecule has 1 atom stereocenters. The Labute approximate surface area is 103 Å². The van der Waals surface area contributed by atoms with Gasteiger partial charge < -0.3 is 15.4 Å². The minimum Gasteiger partial charge on any atom is -0.496 e. The summed E-state index contributed by atoms with van der Waals surface area (Å²) in [7, 11) is 1.75. The fourth-order valence-corrected chi connectivity index (χ4v) is 2.52. The average molecular weight is 232 g/mol. The second-order valence-electron chi connectivity index (χ2n) is 5.06. The fourth-order valence-electron chi connectivity index (χ4n) is 2.52. The van der Waals surface area contributed by atoms with Crippen LogP contribution in [0.3, 0.4) is 0 Å². The second kappa shape index (κ2) is 4.67. The van der Waals surface area contributed by atoms with E-state index < -0.39 is 0 Å². The number of hydrogen-bond acceptors (Lipinski definition) is 3. The highest BCUT2D eigenvalue weighted by Gasteiger charge is 2.24. The summed E-state index contributed by atoms with van der Waals surface area (Å²) in [4.78, 5) is 0. The number of fused-ring (bicyclic) bond motifs is 1. The van der Waals surface area contributed by atoms with Gasteiger partial charge in [-0.15, -0.1) is 0 Å². The Kier molecular flexibility index (Phi) is 3.04. The van der Waals surface area contributed by atoms with Gasteiger partial charge in [0.05, 0.1) is 7.11 Å². The number of benzene rings is 1. The van der Waals surface area contributed by atoms with Gasteiger partial charge >= 0.3 is 0 Å². The molecule has 0 spiro atoms. The lowest BCUT2D eigenvalue weighted by Crippen LogP contribution is -2.43. The Balaban J connectivity index is 1.67. The summed E-state index contributed by atoms with van der Waals surface area (Å²) in [5.41, 5.74) is 2.77. The quantitative estimate of drug-likeness (QED) is 0.824. The molecular formula is C14H20N2O. The van der Waals surface area contributed by atoms with Crippen molar-refractivity contribution in [2.75, 3.05) is 13.7 Å². The van der Waals surface area contributed by atoms with Crippen molar-refractivity contribution in [3.8, 4) is 5.75 Å². The van der Waals surface area contributed by atoms with Crippen molar-refractivity contribution in [3.63, 3.8) is 0 Å². The van der Waals surface area contributed by atoms with Gasteiger partial charge in [-0.05, 0) is 30.9 Å². The number of methoxy groups -OCH3 is 1. The van der Waals surface area contributed by atoms with Crippen molar-refractivity contribution in [1.82, 2.24) is 10.6 Å². The van der Waals surface area contributed by atoms with E-state index in [0.717, 1.165) is 31.3 Å². The van der Waals surface area contributed by atoms with Crippen molar-refractivity contribution in [2.24, 2.45) is 0 Å². The van der Waals surface area contributed by atoms with E-state index in [1.807, 2.05) is 6.07 Å². The smallest absolute Gasteiger partial charge is 0.123 e. The lowest BCUT2D eigenvalue weighted by Gasteiger charge is -2.27. The zero-order chi connectivity index (χ0) is 11.7. The van der Waals surface area contributed by atoms with Crippen molar-refractivity contribution in [1.29, 1.82) is 0 Å². The highest BCUT2D eigenvalue weighted by Crippen LogP contribution is 2.26. The first-order chi connectivity index (χ1) is 8.36. The summed E-state index contributed by atoms with van der Waals surface area (Å²) in [5.74, 6) is 1.02. The average Bonchev–Trinajstić information content (AvgIpc) is 3.19. The molecule has 0 aromatic heterocycles. The monoisotopic (exact) mass is 232 g/mol. The summed E-state index contributed by atoms with van der Waals surface area (Å²) in [6, 6.07) is 7.72. The van der Waals surface area contributed by atoms with Crippen LogP contribution >= 0.6 is 0 Å². The maximum atomic E-state index is 5.40. The normalized spacial score (nSPS) is 23.2. The van der Waals surface area contributed by atoms with Crippen LogP contribution in [0.4, 0.5) is 0 Å². The van der Waals surface area contributed by atoms with Crippen LogP contribution in [0.2, 0.25) is 0 Å². The number of hydrogen-bond donors (Lipinski definition) is 2. The van der Waals surface area contributed by atoms with Gasteiger partial charge in [-0.3, -0.25) is 0 Å². The SMILES string of the molecule is COc1cccc2c1CNC(CNC1CC1)C2. The zero-order valence-corrected chi connectivity index (χ0v) is 10.3. The van der Waals surface area contributed by atoms with Crippen molar-refractivity contribution < 1.29 is 4.74 Å². The van der Waals surface area contributed by atoms with E-state index in [0.29, 0.717) is 6.04 Å². The summed E-state index contributed by atoms with van der Waals surface area (Å²) < 4.78 is 5.40. The van der Waals surface area contributed by atoms with Crippen LogP contribution in [-0.4, -0.2) is 25.7 Å². The van der Waals surface area contributed by atoms with Gasteiger partial charge in [0.1, 0.15) is 5.75 Å². The number of nitrogens with one attached hydrogen (secondary N) is 2. The van der Waals surface area contributed by atoms with Gasteiger partial charge in [-0.25, -0.2) is 0 Å². The number of ether oxygens (including phenoxy) is 1. The molecule has 1 aliphatic carbocycles. The maximum absolute atomic E-state index is 5.40. The Morgan fingerprint density at radius 2 is 2.29 bits per heavy atom. The molecule has 1 aromatic carbocycles. The molecule has 1 aliphatic heterocycles. The van der Waals surface area contributed by atoms with Crippen LogP contribution < -0.4 is 15.4 Å². The van der Waals surface area contributed by atoms with Crippen LogP contribution in [0.5, 0.6) is 5.75 Å². The predicted molar refractivity (Wildman–Crippen MR) is 68.4 cm³/mol. The zero-order valence-electron chi connectivity index (χ0n) is 10.3. The van der Waals surface area contributed by atoms with E-state index in [9.17, 15) is 0 Å². The predicted octanol–water partition coefficient (Wildman–Crippen LogP) is 1.46. The first-order valence-electron chi connectivity index (χ1n) is 6.48. The number of rotatable bonds is 4. The largest absolute Gasteiger partial charge is 0.496 e. The first kappa shape index (κ1) is 11.1. The molecule has 92 valence electrons. The Morgan fingerprint density at radius 3 is 3.06 bits per heavy atom. The third-order valence-corrected chi connectivity index (χ3v) is 3.71. The van der Waals surface area contributed by atoms with Gasteiger partial charge in [0.25, 0.3) is 0 Å². The van der Waals surface area contributed by atoms with E-state index in [1.54, 1.807) is 7.11 Å².